The van der Waals surface area contributed by atoms with Crippen LogP contribution in [-0.2, 0) is 16.7 Å². The Morgan fingerprint density at radius 1 is 1.00 bits per heavy atom. The van der Waals surface area contributed by atoms with Gasteiger partial charge in [0.15, 0.2) is 18.9 Å². The van der Waals surface area contributed by atoms with Gasteiger partial charge in [0.05, 0.1) is 10.1 Å². The van der Waals surface area contributed by atoms with E-state index < -0.39 is 10.1 Å². The largest absolute Gasteiger partial charge is 0.748 e. The first kappa shape index (κ1) is 15.3. The van der Waals surface area contributed by atoms with Crippen LogP contribution in [0, 0.1) is 0 Å². The molecule has 0 amide bonds. The van der Waals surface area contributed by atoms with Crippen molar-refractivity contribution in [3.05, 3.63) is 66.5 Å². The average molecular weight is 279 g/mol. The lowest BCUT2D eigenvalue weighted by Crippen LogP contribution is -2.32. The van der Waals surface area contributed by atoms with Crippen LogP contribution < -0.4 is 4.57 Å². The first-order chi connectivity index (χ1) is 9.01. The Kier molecular flexibility index (Phi) is 6.18. The Morgan fingerprint density at radius 3 is 1.95 bits per heavy atom. The lowest BCUT2D eigenvalue weighted by molar-refractivity contribution is -0.688. The van der Waals surface area contributed by atoms with Gasteiger partial charge in [-0.05, 0) is 0 Å². The van der Waals surface area contributed by atoms with E-state index in [4.69, 9.17) is 0 Å². The van der Waals surface area contributed by atoms with Crippen molar-refractivity contribution in [3.8, 4) is 0 Å². The Balaban J connectivity index is 0.000000258. The molecule has 2 aromatic rings. The molecule has 4 nitrogen and oxygen atoms in total. The highest BCUT2D eigenvalue weighted by Gasteiger charge is 1.98. The fraction of sp³-hybridized carbons (Fsp3) is 0.214. The molecule has 0 radical (unpaired) electrons. The number of hydrogen-bond acceptors (Lipinski definition) is 3. The van der Waals surface area contributed by atoms with Crippen LogP contribution in [0.25, 0.3) is 0 Å². The van der Waals surface area contributed by atoms with Gasteiger partial charge in [-0.15, -0.1) is 0 Å². The first-order valence-electron chi connectivity index (χ1n) is 5.93. The molecular formula is C14H17NO3S. The second kappa shape index (κ2) is 7.66. The third kappa shape index (κ3) is 7.33. The quantitative estimate of drug-likeness (QED) is 0.633. The zero-order chi connectivity index (χ0) is 14.1. The first-order valence-corrected chi connectivity index (χ1v) is 7.50. The third-order valence-electron chi connectivity index (χ3n) is 2.34. The minimum atomic E-state index is -3.91. The minimum absolute atomic E-state index is 0.312. The van der Waals surface area contributed by atoms with Crippen LogP contribution >= 0.6 is 0 Å². The van der Waals surface area contributed by atoms with Crippen molar-refractivity contribution >= 4 is 10.1 Å². The van der Waals surface area contributed by atoms with E-state index in [1.807, 2.05) is 24.3 Å². The van der Waals surface area contributed by atoms with Crippen LogP contribution in [-0.4, -0.2) is 18.7 Å². The molecule has 1 aromatic heterocycles. The topological polar surface area (TPSA) is 61.1 Å². The van der Waals surface area contributed by atoms with Gasteiger partial charge in [0.25, 0.3) is 0 Å². The molecule has 19 heavy (non-hydrogen) atoms. The number of nitrogens with zero attached hydrogens (tertiary/aromatic N) is 1. The normalized spacial score (nSPS) is 10.4. The molecule has 1 aromatic carbocycles. The van der Waals surface area contributed by atoms with Crippen molar-refractivity contribution in [1.29, 1.82) is 0 Å². The number of hydrogen-bond donors (Lipinski definition) is 0. The van der Waals surface area contributed by atoms with E-state index >= 15 is 0 Å². The van der Waals surface area contributed by atoms with Crippen molar-refractivity contribution in [1.82, 2.24) is 0 Å². The molecule has 0 unspecified atom stereocenters. The lowest BCUT2D eigenvalue weighted by atomic mass is 10.2. The predicted octanol–water partition coefficient (Wildman–Crippen LogP) is 1.57. The maximum absolute atomic E-state index is 9.44. The fourth-order valence-electron chi connectivity index (χ4n) is 1.33. The van der Waals surface area contributed by atoms with Crippen molar-refractivity contribution in [2.24, 2.45) is 0 Å². The number of aromatic nitrogens is 1. The molecular weight excluding hydrogens is 262 g/mol. The Morgan fingerprint density at radius 2 is 1.47 bits per heavy atom. The molecule has 0 aliphatic rings. The molecule has 0 aliphatic carbocycles. The molecule has 0 N–H and O–H groups in total. The molecule has 0 fully saturated rings. The zero-order valence-corrected chi connectivity index (χ0v) is 11.6. The zero-order valence-electron chi connectivity index (χ0n) is 10.8. The summed E-state index contributed by atoms with van der Waals surface area (Å²) in [4.78, 5) is 0. The van der Waals surface area contributed by atoms with Gasteiger partial charge in [0.1, 0.15) is 0 Å². The maximum atomic E-state index is 9.44. The standard InChI is InChI=1S/C12H12N.C2H6O3S/c1-3-7-12(8-4-1)11-13-9-5-2-6-10-13;1-2-6(3,4)5/h1-10H,11H2;2H2,1H3,(H,3,4,5)/q+1;/p-1. The smallest absolute Gasteiger partial charge is 0.173 e. The molecule has 0 aliphatic heterocycles. The highest BCUT2D eigenvalue weighted by Crippen LogP contribution is 1.96. The van der Waals surface area contributed by atoms with E-state index in [0.29, 0.717) is 0 Å². The molecule has 0 atom stereocenters. The molecule has 1 heterocycles. The highest BCUT2D eigenvalue weighted by atomic mass is 32.2. The summed E-state index contributed by atoms with van der Waals surface area (Å²) in [6, 6.07) is 16.6. The number of benzene rings is 1. The molecule has 0 spiro atoms. The predicted molar refractivity (Wildman–Crippen MR) is 72.4 cm³/mol. The highest BCUT2D eigenvalue weighted by molar-refractivity contribution is 7.85. The van der Waals surface area contributed by atoms with Crippen LogP contribution in [0.5, 0.6) is 0 Å². The van der Waals surface area contributed by atoms with Gasteiger partial charge < -0.3 is 4.55 Å². The van der Waals surface area contributed by atoms with Gasteiger partial charge >= 0.3 is 0 Å². The van der Waals surface area contributed by atoms with Gasteiger partial charge in [-0.1, -0.05) is 43.3 Å². The number of pyridine rings is 1. The van der Waals surface area contributed by atoms with Crippen LogP contribution in [0.2, 0.25) is 0 Å². The Hall–Kier alpha value is -1.72. The summed E-state index contributed by atoms with van der Waals surface area (Å²) < 4.78 is 30.5. The average Bonchev–Trinajstić information content (AvgIpc) is 2.41. The second-order valence-electron chi connectivity index (χ2n) is 3.88. The van der Waals surface area contributed by atoms with Crippen LogP contribution in [0.3, 0.4) is 0 Å². The minimum Gasteiger partial charge on any atom is -0.748 e. The van der Waals surface area contributed by atoms with Gasteiger partial charge in [0, 0.05) is 23.4 Å². The Labute approximate surface area is 114 Å². The monoisotopic (exact) mass is 279 g/mol. The van der Waals surface area contributed by atoms with Crippen LogP contribution in [0.1, 0.15) is 12.5 Å². The molecule has 5 heteroatoms. The summed E-state index contributed by atoms with van der Waals surface area (Å²) in [5, 5.41) is 0. The number of rotatable bonds is 3. The van der Waals surface area contributed by atoms with E-state index in [-0.39, 0.29) is 5.75 Å². The summed E-state index contributed by atoms with van der Waals surface area (Å²) >= 11 is 0. The maximum Gasteiger partial charge on any atom is 0.173 e. The summed E-state index contributed by atoms with van der Waals surface area (Å²) in [5.41, 5.74) is 1.33. The summed E-state index contributed by atoms with van der Waals surface area (Å²) in [6.45, 7) is 2.25. The van der Waals surface area contributed by atoms with Gasteiger partial charge in [0.2, 0.25) is 0 Å². The third-order valence-corrected chi connectivity index (χ3v) is 3.05. The van der Waals surface area contributed by atoms with Gasteiger partial charge in [-0.2, -0.15) is 0 Å². The molecule has 0 bridgehead atoms. The Bertz CT molecular complexity index is 531. The van der Waals surface area contributed by atoms with Crippen LogP contribution in [0.15, 0.2) is 60.9 Å². The van der Waals surface area contributed by atoms with E-state index in [1.165, 1.54) is 12.5 Å². The van der Waals surface area contributed by atoms with E-state index in [9.17, 15) is 13.0 Å². The van der Waals surface area contributed by atoms with Crippen LogP contribution in [0.4, 0.5) is 0 Å². The van der Waals surface area contributed by atoms with Crippen molar-refractivity contribution in [2.45, 2.75) is 13.5 Å². The fourth-order valence-corrected chi connectivity index (χ4v) is 1.33. The van der Waals surface area contributed by atoms with E-state index in [0.717, 1.165) is 6.54 Å². The summed E-state index contributed by atoms with van der Waals surface area (Å²) in [7, 11) is -3.91. The van der Waals surface area contributed by atoms with Crippen molar-refractivity contribution in [3.63, 3.8) is 0 Å². The summed E-state index contributed by atoms with van der Waals surface area (Å²) in [6.07, 6.45) is 4.15. The van der Waals surface area contributed by atoms with Crippen molar-refractivity contribution < 1.29 is 17.5 Å². The molecule has 0 saturated carbocycles. The second-order valence-corrected chi connectivity index (χ2v) is 5.57. The molecule has 0 saturated heterocycles. The SMILES string of the molecule is CCS(=O)(=O)[O-].c1ccc(C[n+]2ccccc2)cc1. The van der Waals surface area contributed by atoms with Gasteiger partial charge in [-0.25, -0.2) is 13.0 Å². The lowest BCUT2D eigenvalue weighted by Gasteiger charge is -1.97. The molecule has 2 rings (SSSR count). The van der Waals surface area contributed by atoms with E-state index in [1.54, 1.807) is 0 Å². The summed E-state index contributed by atoms with van der Waals surface area (Å²) in [5.74, 6) is -0.312. The molecule has 102 valence electrons. The van der Waals surface area contributed by atoms with Gasteiger partial charge in [-0.3, -0.25) is 0 Å². The van der Waals surface area contributed by atoms with E-state index in [2.05, 4.69) is 41.2 Å². The van der Waals surface area contributed by atoms with Crippen molar-refractivity contribution in [2.75, 3.05) is 5.75 Å².